The van der Waals surface area contributed by atoms with Crippen molar-refractivity contribution in [3.8, 4) is 0 Å². The largest absolute Gasteiger partial charge is 0.372 e. The molecular weight excluding hydrogens is 346 g/mol. The zero-order valence-electron chi connectivity index (χ0n) is 13.6. The lowest BCUT2D eigenvalue weighted by atomic mass is 10.2. The van der Waals surface area contributed by atoms with Gasteiger partial charge in [-0.25, -0.2) is 4.83 Å². The van der Waals surface area contributed by atoms with Crippen LogP contribution >= 0.6 is 11.6 Å². The molecule has 2 aromatic rings. The van der Waals surface area contributed by atoms with E-state index in [1.807, 2.05) is 24.3 Å². The van der Waals surface area contributed by atoms with E-state index in [2.05, 4.69) is 28.7 Å². The summed E-state index contributed by atoms with van der Waals surface area (Å²) >= 11 is 5.75. The Bertz CT molecular complexity index is 784. The third-order valence-electron chi connectivity index (χ3n) is 3.53. The minimum absolute atomic E-state index is 0.112. The van der Waals surface area contributed by atoms with Gasteiger partial charge in [0.15, 0.2) is 0 Å². The van der Waals surface area contributed by atoms with Gasteiger partial charge in [-0.3, -0.25) is 0 Å². The molecule has 0 heterocycles. The van der Waals surface area contributed by atoms with E-state index in [0.29, 0.717) is 5.02 Å². The monoisotopic (exact) mass is 365 g/mol. The van der Waals surface area contributed by atoms with Crippen LogP contribution < -0.4 is 9.73 Å². The summed E-state index contributed by atoms with van der Waals surface area (Å²) in [6.45, 7) is 6.07. The Labute approximate surface area is 148 Å². The second-order valence-electron chi connectivity index (χ2n) is 5.07. The number of benzene rings is 2. The predicted octanol–water partition coefficient (Wildman–Crippen LogP) is 3.50. The van der Waals surface area contributed by atoms with Crippen molar-refractivity contribution in [3.05, 3.63) is 59.1 Å². The molecule has 0 atom stereocenters. The van der Waals surface area contributed by atoms with Gasteiger partial charge in [0.1, 0.15) is 0 Å². The van der Waals surface area contributed by atoms with E-state index in [0.717, 1.165) is 24.3 Å². The number of nitrogens with one attached hydrogen (secondary N) is 1. The molecule has 2 rings (SSSR count). The first-order chi connectivity index (χ1) is 11.5. The lowest BCUT2D eigenvalue weighted by Gasteiger charge is -2.20. The van der Waals surface area contributed by atoms with Crippen molar-refractivity contribution in [1.82, 2.24) is 4.83 Å². The summed E-state index contributed by atoms with van der Waals surface area (Å²) in [4.78, 5) is 4.53. The smallest absolute Gasteiger partial charge is 0.276 e. The SMILES string of the molecule is CCN(CC)c1ccc(C=NNS(=O)(=O)c2ccc(Cl)cc2)cc1. The van der Waals surface area contributed by atoms with Gasteiger partial charge >= 0.3 is 0 Å². The lowest BCUT2D eigenvalue weighted by Crippen LogP contribution is -2.21. The van der Waals surface area contributed by atoms with Gasteiger partial charge in [-0.05, 0) is 55.8 Å². The van der Waals surface area contributed by atoms with Gasteiger partial charge in [0.25, 0.3) is 10.0 Å². The topological polar surface area (TPSA) is 61.8 Å². The Hall–Kier alpha value is -2.05. The van der Waals surface area contributed by atoms with E-state index in [9.17, 15) is 8.42 Å². The van der Waals surface area contributed by atoms with Gasteiger partial charge in [-0.1, -0.05) is 23.7 Å². The van der Waals surface area contributed by atoms with Gasteiger partial charge in [-0.2, -0.15) is 13.5 Å². The number of hydrazone groups is 1. The Balaban J connectivity index is 2.04. The molecule has 0 fully saturated rings. The summed E-state index contributed by atoms with van der Waals surface area (Å²) in [5.41, 5.74) is 1.93. The molecule has 0 aliphatic heterocycles. The minimum Gasteiger partial charge on any atom is -0.372 e. The van der Waals surface area contributed by atoms with Crippen LogP contribution in [0.1, 0.15) is 19.4 Å². The standard InChI is InChI=1S/C17H20ClN3O2S/c1-3-21(4-2)16-9-5-14(6-10-16)13-19-20-24(22,23)17-11-7-15(18)8-12-17/h5-13,20H,3-4H2,1-2H3. The van der Waals surface area contributed by atoms with E-state index in [1.54, 1.807) is 0 Å². The van der Waals surface area contributed by atoms with Gasteiger partial charge in [0.2, 0.25) is 0 Å². The van der Waals surface area contributed by atoms with Crippen molar-refractivity contribution in [3.63, 3.8) is 0 Å². The Morgan fingerprint density at radius 3 is 2.17 bits per heavy atom. The molecule has 0 aromatic heterocycles. The second-order valence-corrected chi connectivity index (χ2v) is 7.17. The Morgan fingerprint density at radius 1 is 1.04 bits per heavy atom. The highest BCUT2D eigenvalue weighted by molar-refractivity contribution is 7.89. The molecule has 24 heavy (non-hydrogen) atoms. The van der Waals surface area contributed by atoms with Crippen LogP contribution in [-0.4, -0.2) is 27.7 Å². The maximum Gasteiger partial charge on any atom is 0.276 e. The first kappa shape index (κ1) is 18.3. The summed E-state index contributed by atoms with van der Waals surface area (Å²) in [6.07, 6.45) is 1.47. The van der Waals surface area contributed by atoms with Crippen molar-refractivity contribution in [2.24, 2.45) is 5.10 Å². The maximum atomic E-state index is 12.1. The third kappa shape index (κ3) is 4.72. The molecule has 128 valence electrons. The van der Waals surface area contributed by atoms with Crippen molar-refractivity contribution >= 4 is 33.5 Å². The van der Waals surface area contributed by atoms with Gasteiger partial charge in [0.05, 0.1) is 11.1 Å². The van der Waals surface area contributed by atoms with Crippen LogP contribution in [0.25, 0.3) is 0 Å². The fraction of sp³-hybridized carbons (Fsp3) is 0.235. The zero-order chi connectivity index (χ0) is 17.6. The molecule has 0 saturated carbocycles. The molecule has 0 aliphatic rings. The van der Waals surface area contributed by atoms with Crippen LogP contribution in [0, 0.1) is 0 Å². The molecule has 1 N–H and O–H groups in total. The molecule has 0 aliphatic carbocycles. The summed E-state index contributed by atoms with van der Waals surface area (Å²) in [6, 6.07) is 13.7. The number of halogens is 1. The number of hydrogen-bond donors (Lipinski definition) is 1. The van der Waals surface area contributed by atoms with Gasteiger partial charge in [0, 0.05) is 23.8 Å². The highest BCUT2D eigenvalue weighted by atomic mass is 35.5. The molecule has 0 saturated heterocycles. The third-order valence-corrected chi connectivity index (χ3v) is 5.02. The lowest BCUT2D eigenvalue weighted by molar-refractivity contribution is 0.584. The van der Waals surface area contributed by atoms with E-state index >= 15 is 0 Å². The number of rotatable bonds is 7. The van der Waals surface area contributed by atoms with Crippen molar-refractivity contribution < 1.29 is 8.42 Å². The van der Waals surface area contributed by atoms with Crippen LogP contribution in [0.5, 0.6) is 0 Å². The Morgan fingerprint density at radius 2 is 1.62 bits per heavy atom. The molecular formula is C17H20ClN3O2S. The molecule has 7 heteroatoms. The van der Waals surface area contributed by atoms with E-state index in [4.69, 9.17) is 11.6 Å². The maximum absolute atomic E-state index is 12.1. The summed E-state index contributed by atoms with van der Waals surface area (Å²) in [5, 5.41) is 4.29. The molecule has 0 amide bonds. The zero-order valence-corrected chi connectivity index (χ0v) is 15.2. The number of sulfonamides is 1. The normalized spacial score (nSPS) is 11.6. The predicted molar refractivity (Wildman–Crippen MR) is 99.4 cm³/mol. The fourth-order valence-corrected chi connectivity index (χ4v) is 3.11. The molecule has 2 aromatic carbocycles. The Kier molecular flexibility index (Phi) is 6.23. The minimum atomic E-state index is -3.69. The number of hydrogen-bond acceptors (Lipinski definition) is 4. The van der Waals surface area contributed by atoms with E-state index in [1.165, 1.54) is 30.5 Å². The average molecular weight is 366 g/mol. The van der Waals surface area contributed by atoms with E-state index in [-0.39, 0.29) is 4.90 Å². The highest BCUT2D eigenvalue weighted by Crippen LogP contribution is 2.15. The van der Waals surface area contributed by atoms with E-state index < -0.39 is 10.0 Å². The molecule has 5 nitrogen and oxygen atoms in total. The summed E-state index contributed by atoms with van der Waals surface area (Å²) < 4.78 is 24.2. The van der Waals surface area contributed by atoms with Gasteiger partial charge in [-0.15, -0.1) is 0 Å². The molecule has 0 spiro atoms. The molecule has 0 radical (unpaired) electrons. The highest BCUT2D eigenvalue weighted by Gasteiger charge is 2.11. The first-order valence-corrected chi connectivity index (χ1v) is 9.48. The van der Waals surface area contributed by atoms with Crippen molar-refractivity contribution in [2.75, 3.05) is 18.0 Å². The quantitative estimate of drug-likeness (QED) is 0.603. The first-order valence-electron chi connectivity index (χ1n) is 7.61. The molecule has 0 bridgehead atoms. The van der Waals surface area contributed by atoms with Crippen LogP contribution in [-0.2, 0) is 10.0 Å². The molecule has 0 unspecified atom stereocenters. The number of nitrogens with zero attached hydrogens (tertiary/aromatic N) is 2. The average Bonchev–Trinajstić information content (AvgIpc) is 2.57. The number of anilines is 1. The van der Waals surface area contributed by atoms with Gasteiger partial charge < -0.3 is 4.90 Å². The van der Waals surface area contributed by atoms with Crippen LogP contribution in [0.15, 0.2) is 58.5 Å². The van der Waals surface area contributed by atoms with Crippen molar-refractivity contribution in [2.45, 2.75) is 18.7 Å². The van der Waals surface area contributed by atoms with Crippen molar-refractivity contribution in [1.29, 1.82) is 0 Å². The van der Waals surface area contributed by atoms with Crippen LogP contribution in [0.3, 0.4) is 0 Å². The van der Waals surface area contributed by atoms with Crippen LogP contribution in [0.2, 0.25) is 5.02 Å². The summed E-state index contributed by atoms with van der Waals surface area (Å²) in [5.74, 6) is 0. The second kappa shape index (κ2) is 8.17. The summed E-state index contributed by atoms with van der Waals surface area (Å²) in [7, 11) is -3.69. The fourth-order valence-electron chi connectivity index (χ4n) is 2.20. The van der Waals surface area contributed by atoms with Crippen LogP contribution in [0.4, 0.5) is 5.69 Å².